The summed E-state index contributed by atoms with van der Waals surface area (Å²) in [4.78, 5) is 4.00. The number of hydrogen-bond donors (Lipinski definition) is 1. The third kappa shape index (κ3) is 4.71. The molecule has 0 saturated carbocycles. The first-order valence-electron chi connectivity index (χ1n) is 6.62. The zero-order valence-electron chi connectivity index (χ0n) is 12.2. The van der Waals surface area contributed by atoms with Gasteiger partial charge in [0.15, 0.2) is 5.69 Å². The van der Waals surface area contributed by atoms with Gasteiger partial charge in [0.1, 0.15) is 11.1 Å². The van der Waals surface area contributed by atoms with Crippen molar-refractivity contribution >= 4 is 11.3 Å². The van der Waals surface area contributed by atoms with E-state index < -0.39 is 11.9 Å². The Morgan fingerprint density at radius 3 is 2.45 bits per heavy atom. The minimum absolute atomic E-state index is 0.121. The van der Waals surface area contributed by atoms with Crippen molar-refractivity contribution in [1.82, 2.24) is 10.3 Å². The second kappa shape index (κ2) is 7.38. The molecule has 0 saturated heterocycles. The van der Waals surface area contributed by atoms with Crippen molar-refractivity contribution in [2.24, 2.45) is 0 Å². The Kier molecular flexibility index (Phi) is 6.42. The van der Waals surface area contributed by atoms with E-state index in [1.807, 2.05) is 20.8 Å². The van der Waals surface area contributed by atoms with E-state index in [0.29, 0.717) is 11.4 Å². The van der Waals surface area contributed by atoms with Crippen molar-refractivity contribution in [3.63, 3.8) is 0 Å². The largest absolute Gasteiger partial charge is 0.434 e. The Balaban J connectivity index is 3.04. The molecule has 0 bridgehead atoms. The van der Waals surface area contributed by atoms with E-state index in [4.69, 9.17) is 4.74 Å². The molecule has 1 rings (SSSR count). The van der Waals surface area contributed by atoms with Crippen molar-refractivity contribution in [1.29, 1.82) is 0 Å². The van der Waals surface area contributed by atoms with Crippen molar-refractivity contribution in [2.45, 2.75) is 58.5 Å². The Labute approximate surface area is 121 Å². The number of methoxy groups -OCH3 is 1. The molecule has 0 amide bonds. The first-order valence-corrected chi connectivity index (χ1v) is 7.44. The standard InChI is InChI=1S/C13H21F3N2OS/c1-5-6-9(19-4)12-18-11(13(14,15)16)10(20-12)7-17-8(2)3/h8-9,17H,5-7H2,1-4H3. The number of halogens is 3. The topological polar surface area (TPSA) is 34.1 Å². The summed E-state index contributed by atoms with van der Waals surface area (Å²) < 4.78 is 44.3. The lowest BCUT2D eigenvalue weighted by Gasteiger charge is -2.10. The Morgan fingerprint density at radius 2 is 2.00 bits per heavy atom. The first kappa shape index (κ1) is 17.4. The molecule has 1 N–H and O–H groups in total. The van der Waals surface area contributed by atoms with Gasteiger partial charge in [0.25, 0.3) is 0 Å². The zero-order chi connectivity index (χ0) is 15.3. The van der Waals surface area contributed by atoms with Crippen LogP contribution in [-0.2, 0) is 17.5 Å². The van der Waals surface area contributed by atoms with Crippen LogP contribution >= 0.6 is 11.3 Å². The van der Waals surface area contributed by atoms with Gasteiger partial charge in [0.2, 0.25) is 0 Å². The molecule has 1 unspecified atom stereocenters. The molecule has 0 aromatic carbocycles. The first-order chi connectivity index (χ1) is 9.29. The summed E-state index contributed by atoms with van der Waals surface area (Å²) in [7, 11) is 1.50. The normalized spacial score (nSPS) is 14.0. The Hall–Kier alpha value is -0.660. The smallest absolute Gasteiger partial charge is 0.374 e. The van der Waals surface area contributed by atoms with E-state index in [0.717, 1.165) is 17.8 Å². The molecule has 1 atom stereocenters. The summed E-state index contributed by atoms with van der Waals surface area (Å²) >= 11 is 1.08. The van der Waals surface area contributed by atoms with E-state index >= 15 is 0 Å². The van der Waals surface area contributed by atoms with Gasteiger partial charge in [-0.25, -0.2) is 4.98 Å². The fourth-order valence-corrected chi connectivity index (χ4v) is 2.90. The number of aromatic nitrogens is 1. The summed E-state index contributed by atoms with van der Waals surface area (Å²) in [5, 5.41) is 3.41. The maximum absolute atomic E-state index is 13.0. The SMILES string of the molecule is CCCC(OC)c1nc(C(F)(F)F)c(CNC(C)C)s1. The third-order valence-electron chi connectivity index (χ3n) is 2.76. The number of ether oxygens (including phenoxy) is 1. The maximum atomic E-state index is 13.0. The molecular weight excluding hydrogens is 289 g/mol. The molecule has 0 aliphatic heterocycles. The van der Waals surface area contributed by atoms with Crippen LogP contribution in [0.25, 0.3) is 0 Å². The predicted octanol–water partition coefficient (Wildman–Crippen LogP) is 4.15. The monoisotopic (exact) mass is 310 g/mol. The second-order valence-electron chi connectivity index (χ2n) is 4.87. The highest BCUT2D eigenvalue weighted by Gasteiger charge is 2.38. The summed E-state index contributed by atoms with van der Waals surface area (Å²) in [5.41, 5.74) is -0.788. The molecule has 1 aromatic heterocycles. The van der Waals surface area contributed by atoms with Gasteiger partial charge < -0.3 is 10.1 Å². The quantitative estimate of drug-likeness (QED) is 0.821. The number of thiazole rings is 1. The maximum Gasteiger partial charge on any atom is 0.434 e. The van der Waals surface area contributed by atoms with E-state index in [-0.39, 0.29) is 23.6 Å². The molecule has 7 heteroatoms. The fourth-order valence-electron chi connectivity index (χ4n) is 1.75. The van der Waals surface area contributed by atoms with Crippen LogP contribution in [0.2, 0.25) is 0 Å². The van der Waals surface area contributed by atoms with Crippen molar-refractivity contribution < 1.29 is 17.9 Å². The molecule has 0 aliphatic rings. The average molecular weight is 310 g/mol. The van der Waals surface area contributed by atoms with Gasteiger partial charge >= 0.3 is 6.18 Å². The molecule has 1 aromatic rings. The second-order valence-corrected chi connectivity index (χ2v) is 5.99. The molecule has 0 aliphatic carbocycles. The lowest BCUT2D eigenvalue weighted by atomic mass is 10.2. The highest BCUT2D eigenvalue weighted by Crippen LogP contribution is 2.37. The van der Waals surface area contributed by atoms with Gasteiger partial charge in [-0.2, -0.15) is 13.2 Å². The van der Waals surface area contributed by atoms with Crippen LogP contribution in [0.1, 0.15) is 55.3 Å². The summed E-state index contributed by atoms with van der Waals surface area (Å²) in [5.74, 6) is 0. The molecule has 116 valence electrons. The molecule has 0 fully saturated rings. The average Bonchev–Trinajstić information content (AvgIpc) is 2.77. The van der Waals surface area contributed by atoms with Crippen LogP contribution in [0.3, 0.4) is 0 Å². The molecule has 20 heavy (non-hydrogen) atoms. The van der Waals surface area contributed by atoms with Gasteiger partial charge in [0.05, 0.1) is 4.88 Å². The number of nitrogens with one attached hydrogen (secondary N) is 1. The zero-order valence-corrected chi connectivity index (χ0v) is 13.0. The molecule has 3 nitrogen and oxygen atoms in total. The van der Waals surface area contributed by atoms with E-state index in [9.17, 15) is 13.2 Å². The van der Waals surface area contributed by atoms with E-state index in [1.165, 1.54) is 7.11 Å². The van der Waals surface area contributed by atoms with E-state index in [2.05, 4.69) is 10.3 Å². The van der Waals surface area contributed by atoms with E-state index in [1.54, 1.807) is 0 Å². The van der Waals surface area contributed by atoms with Crippen LogP contribution in [-0.4, -0.2) is 18.1 Å². The summed E-state index contributed by atoms with van der Waals surface area (Å²) in [6.45, 7) is 5.92. The van der Waals surface area contributed by atoms with Gasteiger partial charge in [-0.05, 0) is 6.42 Å². The van der Waals surface area contributed by atoms with Crippen molar-refractivity contribution in [3.8, 4) is 0 Å². The van der Waals surface area contributed by atoms with Crippen LogP contribution in [0.5, 0.6) is 0 Å². The minimum atomic E-state index is -4.42. The fraction of sp³-hybridized carbons (Fsp3) is 0.769. The summed E-state index contributed by atoms with van der Waals surface area (Å²) in [6.07, 6.45) is -3.29. The van der Waals surface area contributed by atoms with Gasteiger partial charge in [-0.1, -0.05) is 27.2 Å². The Bertz CT molecular complexity index is 418. The van der Waals surface area contributed by atoms with Crippen molar-refractivity contribution in [2.75, 3.05) is 7.11 Å². The molecule has 1 heterocycles. The summed E-state index contributed by atoms with van der Waals surface area (Å²) in [6, 6.07) is 0.121. The van der Waals surface area contributed by atoms with Gasteiger partial charge in [0, 0.05) is 19.7 Å². The Morgan fingerprint density at radius 1 is 1.35 bits per heavy atom. The molecule has 0 radical (unpaired) electrons. The van der Waals surface area contributed by atoms with Crippen LogP contribution in [0.4, 0.5) is 13.2 Å². The number of nitrogens with zero attached hydrogens (tertiary/aromatic N) is 1. The third-order valence-corrected chi connectivity index (χ3v) is 3.91. The highest BCUT2D eigenvalue weighted by atomic mass is 32.1. The number of alkyl halides is 3. The minimum Gasteiger partial charge on any atom is -0.374 e. The van der Waals surface area contributed by atoms with Crippen LogP contribution in [0, 0.1) is 0 Å². The van der Waals surface area contributed by atoms with Gasteiger partial charge in [-0.3, -0.25) is 0 Å². The predicted molar refractivity (Wildman–Crippen MR) is 73.7 cm³/mol. The lowest BCUT2D eigenvalue weighted by molar-refractivity contribution is -0.141. The van der Waals surface area contributed by atoms with Gasteiger partial charge in [-0.15, -0.1) is 11.3 Å². The molecular formula is C13H21F3N2OS. The van der Waals surface area contributed by atoms with Crippen LogP contribution < -0.4 is 5.32 Å². The molecule has 0 spiro atoms. The number of rotatable bonds is 7. The number of hydrogen-bond acceptors (Lipinski definition) is 4. The lowest BCUT2D eigenvalue weighted by Crippen LogP contribution is -2.23. The highest BCUT2D eigenvalue weighted by molar-refractivity contribution is 7.11. The van der Waals surface area contributed by atoms with Crippen molar-refractivity contribution in [3.05, 3.63) is 15.6 Å². The van der Waals surface area contributed by atoms with Crippen LogP contribution in [0.15, 0.2) is 0 Å².